The lowest BCUT2D eigenvalue weighted by molar-refractivity contribution is 0.582. The molecule has 102 valence electrons. The summed E-state index contributed by atoms with van der Waals surface area (Å²) in [6.45, 7) is 5.08. The van der Waals surface area contributed by atoms with E-state index in [-0.39, 0.29) is 0 Å². The van der Waals surface area contributed by atoms with Gasteiger partial charge in [0.1, 0.15) is 0 Å². The minimum absolute atomic E-state index is 0.355. The number of aryl methyl sites for hydroxylation is 1. The topological polar surface area (TPSA) is 24.9 Å². The molecule has 0 radical (unpaired) electrons. The van der Waals surface area contributed by atoms with E-state index in [1.165, 1.54) is 20.5 Å². The Bertz CT molecular complexity index is 667. The van der Waals surface area contributed by atoms with Gasteiger partial charge in [0.2, 0.25) is 0 Å². The van der Waals surface area contributed by atoms with Crippen LogP contribution in [0.25, 0.3) is 10.1 Å². The second-order valence-electron chi connectivity index (χ2n) is 5.10. The number of benzene rings is 1. The first kappa shape index (κ1) is 13.3. The standard InChI is InChI=1S/C17H18N2S/c1-12-7-8-14(10-18-12)11-19-13(2)17-9-15-5-3-4-6-16(15)20-17/h3-10,13,19H,11H2,1-2H3. The van der Waals surface area contributed by atoms with Crippen molar-refractivity contribution in [2.45, 2.75) is 26.4 Å². The van der Waals surface area contributed by atoms with Gasteiger partial charge < -0.3 is 5.32 Å². The van der Waals surface area contributed by atoms with E-state index in [2.05, 4.69) is 59.7 Å². The van der Waals surface area contributed by atoms with Crippen molar-refractivity contribution in [2.75, 3.05) is 0 Å². The van der Waals surface area contributed by atoms with Crippen LogP contribution >= 0.6 is 11.3 Å². The Morgan fingerprint density at radius 1 is 1.20 bits per heavy atom. The zero-order valence-corrected chi connectivity index (χ0v) is 12.6. The van der Waals surface area contributed by atoms with Crippen molar-refractivity contribution in [3.05, 3.63) is 64.8 Å². The van der Waals surface area contributed by atoms with Crippen LogP contribution in [-0.4, -0.2) is 4.98 Å². The number of hydrogen-bond donors (Lipinski definition) is 1. The molecule has 2 heterocycles. The number of pyridine rings is 1. The minimum atomic E-state index is 0.355. The molecule has 20 heavy (non-hydrogen) atoms. The SMILES string of the molecule is Cc1ccc(CNC(C)c2cc3ccccc3s2)cn1. The molecule has 0 aliphatic rings. The van der Waals surface area contributed by atoms with E-state index in [1.807, 2.05) is 24.5 Å². The summed E-state index contributed by atoms with van der Waals surface area (Å²) in [5.41, 5.74) is 2.29. The van der Waals surface area contributed by atoms with Crippen LogP contribution in [0.5, 0.6) is 0 Å². The Hall–Kier alpha value is -1.71. The number of fused-ring (bicyclic) bond motifs is 1. The third-order valence-electron chi connectivity index (χ3n) is 3.46. The van der Waals surface area contributed by atoms with Crippen molar-refractivity contribution in [3.63, 3.8) is 0 Å². The summed E-state index contributed by atoms with van der Waals surface area (Å²) in [7, 11) is 0. The van der Waals surface area contributed by atoms with Crippen molar-refractivity contribution >= 4 is 21.4 Å². The molecule has 3 rings (SSSR count). The molecule has 0 bridgehead atoms. The second-order valence-corrected chi connectivity index (χ2v) is 6.21. The summed E-state index contributed by atoms with van der Waals surface area (Å²) in [6.07, 6.45) is 1.94. The van der Waals surface area contributed by atoms with Gasteiger partial charge in [-0.3, -0.25) is 4.98 Å². The Kier molecular flexibility index (Phi) is 3.81. The predicted molar refractivity (Wildman–Crippen MR) is 86.1 cm³/mol. The molecular formula is C17H18N2S. The highest BCUT2D eigenvalue weighted by Crippen LogP contribution is 2.29. The van der Waals surface area contributed by atoms with Crippen molar-refractivity contribution in [1.29, 1.82) is 0 Å². The normalized spacial score (nSPS) is 12.7. The Labute approximate surface area is 123 Å². The summed E-state index contributed by atoms with van der Waals surface area (Å²) < 4.78 is 1.35. The van der Waals surface area contributed by atoms with Crippen molar-refractivity contribution in [1.82, 2.24) is 10.3 Å². The Balaban J connectivity index is 1.69. The molecule has 2 nitrogen and oxygen atoms in total. The molecular weight excluding hydrogens is 264 g/mol. The van der Waals surface area contributed by atoms with Gasteiger partial charge in [0.05, 0.1) is 0 Å². The van der Waals surface area contributed by atoms with Crippen LogP contribution in [0.3, 0.4) is 0 Å². The highest BCUT2D eigenvalue weighted by atomic mass is 32.1. The lowest BCUT2D eigenvalue weighted by atomic mass is 10.2. The lowest BCUT2D eigenvalue weighted by Crippen LogP contribution is -2.17. The number of aromatic nitrogens is 1. The maximum Gasteiger partial charge on any atom is 0.0389 e. The van der Waals surface area contributed by atoms with Crippen molar-refractivity contribution in [2.24, 2.45) is 0 Å². The predicted octanol–water partition coefficient (Wildman–Crippen LogP) is 4.46. The molecule has 1 atom stereocenters. The van der Waals surface area contributed by atoms with Gasteiger partial charge in [0.25, 0.3) is 0 Å². The molecule has 0 amide bonds. The fraction of sp³-hybridized carbons (Fsp3) is 0.235. The van der Waals surface area contributed by atoms with Crippen LogP contribution in [-0.2, 0) is 6.54 Å². The van der Waals surface area contributed by atoms with Crippen LogP contribution in [0, 0.1) is 6.92 Å². The van der Waals surface area contributed by atoms with E-state index >= 15 is 0 Å². The quantitative estimate of drug-likeness (QED) is 0.764. The van der Waals surface area contributed by atoms with Crippen molar-refractivity contribution < 1.29 is 0 Å². The molecule has 0 spiro atoms. The van der Waals surface area contributed by atoms with Gasteiger partial charge in [-0.05, 0) is 43.0 Å². The number of nitrogens with zero attached hydrogens (tertiary/aromatic N) is 1. The first-order valence-corrected chi connectivity index (χ1v) is 7.67. The Morgan fingerprint density at radius 2 is 2.05 bits per heavy atom. The van der Waals surface area contributed by atoms with Crippen molar-refractivity contribution in [3.8, 4) is 0 Å². The summed E-state index contributed by atoms with van der Waals surface area (Å²) >= 11 is 1.86. The second kappa shape index (κ2) is 5.73. The molecule has 3 heteroatoms. The fourth-order valence-corrected chi connectivity index (χ4v) is 3.28. The summed E-state index contributed by atoms with van der Waals surface area (Å²) in [5, 5.41) is 4.90. The van der Waals surface area contributed by atoms with Crippen LogP contribution in [0.1, 0.15) is 29.1 Å². The smallest absolute Gasteiger partial charge is 0.0389 e. The molecule has 1 N–H and O–H groups in total. The van der Waals surface area contributed by atoms with E-state index in [0.717, 1.165) is 12.2 Å². The van der Waals surface area contributed by atoms with Gasteiger partial charge in [0, 0.05) is 34.1 Å². The molecule has 0 saturated heterocycles. The molecule has 0 aliphatic carbocycles. The molecule has 2 aromatic heterocycles. The first-order valence-electron chi connectivity index (χ1n) is 6.86. The molecule has 3 aromatic rings. The van der Waals surface area contributed by atoms with E-state index in [1.54, 1.807) is 0 Å². The van der Waals surface area contributed by atoms with E-state index in [0.29, 0.717) is 6.04 Å². The van der Waals surface area contributed by atoms with Gasteiger partial charge in [-0.15, -0.1) is 11.3 Å². The molecule has 0 aliphatic heterocycles. The lowest BCUT2D eigenvalue weighted by Gasteiger charge is -2.11. The molecule has 1 aromatic carbocycles. The fourth-order valence-electron chi connectivity index (χ4n) is 2.19. The Morgan fingerprint density at radius 3 is 2.80 bits per heavy atom. The number of thiophene rings is 1. The maximum absolute atomic E-state index is 4.33. The van der Waals surface area contributed by atoms with Gasteiger partial charge in [-0.1, -0.05) is 24.3 Å². The average Bonchev–Trinajstić information content (AvgIpc) is 2.90. The highest BCUT2D eigenvalue weighted by molar-refractivity contribution is 7.19. The van der Waals surface area contributed by atoms with Crippen LogP contribution in [0.4, 0.5) is 0 Å². The van der Waals surface area contributed by atoms with E-state index in [9.17, 15) is 0 Å². The first-order chi connectivity index (χ1) is 9.72. The van der Waals surface area contributed by atoms with Crippen LogP contribution < -0.4 is 5.32 Å². The van der Waals surface area contributed by atoms with Gasteiger partial charge >= 0.3 is 0 Å². The molecule has 0 saturated carbocycles. The molecule has 0 fully saturated rings. The third-order valence-corrected chi connectivity index (χ3v) is 4.76. The monoisotopic (exact) mass is 282 g/mol. The van der Waals surface area contributed by atoms with Gasteiger partial charge in [0.15, 0.2) is 0 Å². The van der Waals surface area contributed by atoms with Gasteiger partial charge in [-0.25, -0.2) is 0 Å². The zero-order chi connectivity index (χ0) is 13.9. The largest absolute Gasteiger partial charge is 0.305 e. The summed E-state index contributed by atoms with van der Waals surface area (Å²) in [6, 6.07) is 15.4. The van der Waals surface area contributed by atoms with E-state index in [4.69, 9.17) is 0 Å². The number of hydrogen-bond acceptors (Lipinski definition) is 3. The highest BCUT2D eigenvalue weighted by Gasteiger charge is 2.09. The number of rotatable bonds is 4. The van der Waals surface area contributed by atoms with E-state index < -0.39 is 0 Å². The van der Waals surface area contributed by atoms with Gasteiger partial charge in [-0.2, -0.15) is 0 Å². The van der Waals surface area contributed by atoms with Crippen LogP contribution in [0.15, 0.2) is 48.7 Å². The summed E-state index contributed by atoms with van der Waals surface area (Å²) in [5.74, 6) is 0. The third kappa shape index (κ3) is 2.89. The maximum atomic E-state index is 4.33. The molecule has 1 unspecified atom stereocenters. The van der Waals surface area contributed by atoms with Crippen LogP contribution in [0.2, 0.25) is 0 Å². The summed E-state index contributed by atoms with van der Waals surface area (Å²) in [4.78, 5) is 5.71. The average molecular weight is 282 g/mol. The zero-order valence-electron chi connectivity index (χ0n) is 11.8. The minimum Gasteiger partial charge on any atom is -0.305 e. The number of nitrogens with one attached hydrogen (secondary N) is 1.